The third kappa shape index (κ3) is 6.94. The molecule has 5 heteroatoms. The Hall–Kier alpha value is -0.640. The van der Waals surface area contributed by atoms with Gasteiger partial charge in [-0.15, -0.1) is 0 Å². The summed E-state index contributed by atoms with van der Waals surface area (Å²) in [7, 11) is 0. The molecule has 0 aliphatic rings. The van der Waals surface area contributed by atoms with Crippen molar-refractivity contribution in [2.24, 2.45) is 0 Å². The second kappa shape index (κ2) is 11.1. The summed E-state index contributed by atoms with van der Waals surface area (Å²) in [6.07, 6.45) is 0. The Morgan fingerprint density at radius 2 is 0.759 bits per heavy atom. The third-order valence-corrected chi connectivity index (χ3v) is 19.3. The van der Waals surface area contributed by atoms with Gasteiger partial charge < -0.3 is 0 Å². The SMILES string of the molecule is CC(SP(=S)(SC(C)c1ccccc1)SC(C)c1ccccc1)c1ccccc1. The van der Waals surface area contributed by atoms with Crippen molar-refractivity contribution in [3.8, 4) is 0 Å². The van der Waals surface area contributed by atoms with Crippen molar-refractivity contribution in [1.29, 1.82) is 0 Å². The maximum absolute atomic E-state index is 6.43. The van der Waals surface area contributed by atoms with Gasteiger partial charge in [-0.3, -0.25) is 0 Å². The van der Waals surface area contributed by atoms with Gasteiger partial charge in [0.1, 0.15) is 3.64 Å². The average molecular weight is 475 g/mol. The quantitative estimate of drug-likeness (QED) is 0.283. The van der Waals surface area contributed by atoms with E-state index in [1.807, 2.05) is 34.1 Å². The highest BCUT2D eigenvalue weighted by Gasteiger charge is 2.29. The van der Waals surface area contributed by atoms with Crippen LogP contribution in [0.1, 0.15) is 53.2 Å². The first kappa shape index (κ1) is 23.0. The van der Waals surface area contributed by atoms with Crippen molar-refractivity contribution in [3.05, 3.63) is 108 Å². The van der Waals surface area contributed by atoms with E-state index >= 15 is 0 Å². The number of rotatable bonds is 9. The lowest BCUT2D eigenvalue weighted by molar-refractivity contribution is 1.11. The molecule has 0 aliphatic heterocycles. The Morgan fingerprint density at radius 1 is 0.517 bits per heavy atom. The van der Waals surface area contributed by atoms with Crippen molar-refractivity contribution in [1.82, 2.24) is 0 Å². The van der Waals surface area contributed by atoms with Gasteiger partial charge in [-0.2, -0.15) is 0 Å². The van der Waals surface area contributed by atoms with Crippen LogP contribution in [0.4, 0.5) is 0 Å². The first-order chi connectivity index (χ1) is 14.0. The zero-order valence-corrected chi connectivity index (χ0v) is 21.1. The largest absolute Gasteiger partial charge is 0.111 e. The molecule has 0 nitrogen and oxygen atoms in total. The van der Waals surface area contributed by atoms with Crippen LogP contribution in [-0.4, -0.2) is 0 Å². The lowest BCUT2D eigenvalue weighted by Gasteiger charge is -2.29. The first-order valence-corrected chi connectivity index (χ1v) is 17.0. The van der Waals surface area contributed by atoms with Crippen LogP contribution < -0.4 is 0 Å². The fraction of sp³-hybridized carbons (Fsp3) is 0.250. The first-order valence-electron chi connectivity index (χ1n) is 9.77. The molecule has 0 amide bonds. The lowest BCUT2D eigenvalue weighted by atomic mass is 10.2. The Kier molecular flexibility index (Phi) is 8.83. The predicted molar refractivity (Wildman–Crippen MR) is 142 cm³/mol. The van der Waals surface area contributed by atoms with E-state index in [1.165, 1.54) is 16.7 Å². The summed E-state index contributed by atoms with van der Waals surface area (Å²) in [4.78, 5) is 0. The Labute approximate surface area is 192 Å². The van der Waals surface area contributed by atoms with Crippen LogP contribution in [0.15, 0.2) is 91.0 Å². The zero-order chi connectivity index (χ0) is 20.7. The number of hydrogen-bond donors (Lipinski definition) is 0. The summed E-state index contributed by atoms with van der Waals surface area (Å²) in [6, 6.07) is 32.3. The maximum atomic E-state index is 6.43. The van der Waals surface area contributed by atoms with Gasteiger partial charge in [0, 0.05) is 15.7 Å². The molecule has 0 bridgehead atoms. The average Bonchev–Trinajstić information content (AvgIpc) is 2.75. The molecule has 3 rings (SSSR count). The second-order valence-corrected chi connectivity index (χ2v) is 23.2. The van der Waals surface area contributed by atoms with Gasteiger partial charge in [0.15, 0.2) is 0 Å². The van der Waals surface area contributed by atoms with Crippen LogP contribution in [0.5, 0.6) is 0 Å². The highest BCUT2D eigenvalue weighted by molar-refractivity contribution is 9.23. The van der Waals surface area contributed by atoms with E-state index in [-0.39, 0.29) is 0 Å². The highest BCUT2D eigenvalue weighted by atomic mass is 33.5. The van der Waals surface area contributed by atoms with E-state index < -0.39 is 3.64 Å². The molecular formula is C24H27PS4. The van der Waals surface area contributed by atoms with E-state index in [4.69, 9.17) is 11.8 Å². The fourth-order valence-corrected chi connectivity index (χ4v) is 22.0. The topological polar surface area (TPSA) is 0 Å². The molecule has 29 heavy (non-hydrogen) atoms. The van der Waals surface area contributed by atoms with Crippen LogP contribution in [0.2, 0.25) is 0 Å². The van der Waals surface area contributed by atoms with Crippen LogP contribution in [0, 0.1) is 0 Å². The fourth-order valence-electron chi connectivity index (χ4n) is 3.01. The lowest BCUT2D eigenvalue weighted by Crippen LogP contribution is -1.91. The maximum Gasteiger partial charge on any atom is 0.111 e. The van der Waals surface area contributed by atoms with Gasteiger partial charge in [0.05, 0.1) is 0 Å². The van der Waals surface area contributed by atoms with Gasteiger partial charge in [0.2, 0.25) is 0 Å². The summed E-state index contributed by atoms with van der Waals surface area (Å²) >= 11 is 12.4. The van der Waals surface area contributed by atoms with Gasteiger partial charge in [0.25, 0.3) is 0 Å². The van der Waals surface area contributed by atoms with Gasteiger partial charge in [-0.25, -0.2) is 0 Å². The highest BCUT2D eigenvalue weighted by Crippen LogP contribution is 2.85. The zero-order valence-electron chi connectivity index (χ0n) is 17.0. The minimum absolute atomic E-state index is 0.382. The summed E-state index contributed by atoms with van der Waals surface area (Å²) in [6.45, 7) is 6.88. The molecule has 0 fully saturated rings. The molecule has 152 valence electrons. The standard InChI is InChI=1S/C24H27PS4/c1-19(22-13-7-4-8-14-22)27-25(26,28-20(2)23-15-9-5-10-16-23)29-21(3)24-17-11-6-12-18-24/h4-21H,1-3H3. The summed E-state index contributed by atoms with van der Waals surface area (Å²) < 4.78 is -1.80. The monoisotopic (exact) mass is 474 g/mol. The molecule has 3 unspecified atom stereocenters. The van der Waals surface area contributed by atoms with Crippen molar-refractivity contribution >= 4 is 49.6 Å². The summed E-state index contributed by atoms with van der Waals surface area (Å²) in [5, 5.41) is 1.15. The van der Waals surface area contributed by atoms with E-state index in [1.54, 1.807) is 0 Å². The molecule has 0 saturated carbocycles. The molecule has 3 aromatic carbocycles. The Morgan fingerprint density at radius 3 is 1.00 bits per heavy atom. The Balaban J connectivity index is 1.82. The van der Waals surface area contributed by atoms with E-state index in [2.05, 4.69) is 112 Å². The van der Waals surface area contributed by atoms with Gasteiger partial charge >= 0.3 is 0 Å². The Bertz CT molecular complexity index is 793. The molecule has 3 atom stereocenters. The van der Waals surface area contributed by atoms with Crippen LogP contribution in [0.3, 0.4) is 0 Å². The van der Waals surface area contributed by atoms with Crippen molar-refractivity contribution in [2.75, 3.05) is 0 Å². The van der Waals surface area contributed by atoms with Crippen LogP contribution in [0.25, 0.3) is 0 Å². The van der Waals surface area contributed by atoms with Gasteiger partial charge in [-0.05, 0) is 37.5 Å². The third-order valence-electron chi connectivity index (χ3n) is 4.67. The molecule has 3 aromatic rings. The number of benzene rings is 3. The van der Waals surface area contributed by atoms with Crippen molar-refractivity contribution in [3.63, 3.8) is 0 Å². The second-order valence-electron chi connectivity index (χ2n) is 6.92. The molecular weight excluding hydrogens is 448 g/mol. The molecule has 0 spiro atoms. The molecule has 0 saturated heterocycles. The molecule has 0 N–H and O–H groups in total. The van der Waals surface area contributed by atoms with E-state index in [9.17, 15) is 0 Å². The van der Waals surface area contributed by atoms with E-state index in [0.717, 1.165) is 0 Å². The predicted octanol–water partition coefficient (Wildman–Crippen LogP) is 9.69. The molecule has 0 aromatic heterocycles. The number of hydrogen-bond acceptors (Lipinski definition) is 4. The van der Waals surface area contributed by atoms with E-state index in [0.29, 0.717) is 15.7 Å². The van der Waals surface area contributed by atoms with Crippen LogP contribution in [-0.2, 0) is 11.8 Å². The minimum atomic E-state index is -1.80. The smallest absolute Gasteiger partial charge is 0.0962 e. The normalized spacial score (nSPS) is 16.5. The summed E-state index contributed by atoms with van der Waals surface area (Å²) in [5.41, 5.74) is 4.06. The molecule has 0 radical (unpaired) electrons. The van der Waals surface area contributed by atoms with Gasteiger partial charge in [-0.1, -0.05) is 137 Å². The van der Waals surface area contributed by atoms with Crippen LogP contribution >= 0.6 is 37.8 Å². The van der Waals surface area contributed by atoms with Crippen molar-refractivity contribution in [2.45, 2.75) is 36.5 Å². The summed E-state index contributed by atoms with van der Waals surface area (Å²) in [5.74, 6) is 0. The molecule has 0 aliphatic carbocycles. The minimum Gasteiger partial charge on any atom is -0.0962 e. The molecule has 0 heterocycles. The van der Waals surface area contributed by atoms with Crippen molar-refractivity contribution < 1.29 is 0 Å².